The Morgan fingerprint density at radius 1 is 1.08 bits per heavy atom. The monoisotopic (exact) mass is 322 g/mol. The second kappa shape index (κ2) is 5.08. The fraction of sp³-hybridized carbons (Fsp3) is 0.350. The largest absolute Gasteiger partial charge is 0.398 e. The highest BCUT2D eigenvalue weighted by atomic mass is 16.5. The maximum absolute atomic E-state index is 13.4. The molecule has 24 heavy (non-hydrogen) atoms. The van der Waals surface area contributed by atoms with Crippen molar-refractivity contribution >= 4 is 11.6 Å². The third-order valence-electron chi connectivity index (χ3n) is 5.49. The number of nitrogen functional groups attached to an aromatic ring is 1. The summed E-state index contributed by atoms with van der Waals surface area (Å²) >= 11 is 0. The van der Waals surface area contributed by atoms with Crippen molar-refractivity contribution in [2.75, 3.05) is 12.3 Å². The summed E-state index contributed by atoms with van der Waals surface area (Å²) in [6, 6.07) is 17.7. The molecular weight excluding hydrogens is 300 g/mol. The lowest BCUT2D eigenvalue weighted by Crippen LogP contribution is -2.41. The summed E-state index contributed by atoms with van der Waals surface area (Å²) in [5.41, 5.74) is 7.59. The topological polar surface area (TPSA) is 55.6 Å². The number of hydrogen-bond acceptors (Lipinski definition) is 3. The predicted molar refractivity (Wildman–Crippen MR) is 93.2 cm³/mol. The van der Waals surface area contributed by atoms with Crippen LogP contribution < -0.4 is 5.73 Å². The van der Waals surface area contributed by atoms with Crippen molar-refractivity contribution in [3.8, 4) is 0 Å². The van der Waals surface area contributed by atoms with Crippen molar-refractivity contribution in [2.45, 2.75) is 37.5 Å². The van der Waals surface area contributed by atoms with Crippen LogP contribution in [0.5, 0.6) is 0 Å². The highest BCUT2D eigenvalue weighted by Gasteiger charge is 2.62. The molecule has 4 heteroatoms. The minimum Gasteiger partial charge on any atom is -0.398 e. The van der Waals surface area contributed by atoms with E-state index >= 15 is 0 Å². The van der Waals surface area contributed by atoms with Crippen LogP contribution in [0.3, 0.4) is 0 Å². The van der Waals surface area contributed by atoms with Crippen LogP contribution in [-0.2, 0) is 14.9 Å². The third-order valence-corrected chi connectivity index (χ3v) is 5.49. The van der Waals surface area contributed by atoms with Crippen molar-refractivity contribution in [3.05, 3.63) is 65.7 Å². The van der Waals surface area contributed by atoms with E-state index in [9.17, 15) is 4.79 Å². The summed E-state index contributed by atoms with van der Waals surface area (Å²) in [5.74, 6) is 0.0919. The molecule has 0 unspecified atom stereocenters. The lowest BCUT2D eigenvalue weighted by atomic mass is 9.78. The van der Waals surface area contributed by atoms with E-state index in [1.165, 1.54) is 0 Å². The van der Waals surface area contributed by atoms with Crippen molar-refractivity contribution < 1.29 is 9.53 Å². The second-order valence-corrected chi connectivity index (χ2v) is 7.18. The van der Waals surface area contributed by atoms with E-state index in [1.54, 1.807) is 0 Å². The Hall–Kier alpha value is -2.33. The van der Waals surface area contributed by atoms with Gasteiger partial charge in [-0.3, -0.25) is 4.79 Å². The average molecular weight is 322 g/mol. The molecule has 2 aliphatic heterocycles. The highest BCUT2D eigenvalue weighted by Crippen LogP contribution is 2.53. The van der Waals surface area contributed by atoms with Crippen LogP contribution in [0, 0.1) is 0 Å². The first-order chi connectivity index (χ1) is 11.5. The number of para-hydroxylation sites is 1. The van der Waals surface area contributed by atoms with Crippen LogP contribution in [0.1, 0.15) is 37.4 Å². The van der Waals surface area contributed by atoms with Crippen LogP contribution in [-0.4, -0.2) is 23.1 Å². The van der Waals surface area contributed by atoms with Gasteiger partial charge in [-0.15, -0.1) is 0 Å². The van der Waals surface area contributed by atoms with Gasteiger partial charge in [0, 0.05) is 12.1 Å². The van der Waals surface area contributed by atoms with Gasteiger partial charge in [0.15, 0.2) is 0 Å². The Morgan fingerprint density at radius 3 is 2.46 bits per heavy atom. The first kappa shape index (κ1) is 15.2. The fourth-order valence-electron chi connectivity index (χ4n) is 4.35. The van der Waals surface area contributed by atoms with Gasteiger partial charge in [-0.1, -0.05) is 48.5 Å². The summed E-state index contributed by atoms with van der Waals surface area (Å²) in [6.45, 7) is 4.53. The van der Waals surface area contributed by atoms with Gasteiger partial charge in [-0.2, -0.15) is 0 Å². The van der Waals surface area contributed by atoms with Crippen molar-refractivity contribution in [2.24, 2.45) is 0 Å². The SMILES string of the molecule is C[C@]1(c2ccccc2N)C[C@@]2(C)OC[C@H](c3ccccc3)N2C1=O. The molecule has 2 N–H and O–H groups in total. The molecule has 2 saturated heterocycles. The first-order valence-corrected chi connectivity index (χ1v) is 8.33. The Labute approximate surface area is 142 Å². The number of ether oxygens (including phenoxy) is 1. The van der Waals surface area contributed by atoms with E-state index in [1.807, 2.05) is 61.2 Å². The van der Waals surface area contributed by atoms with Gasteiger partial charge in [0.2, 0.25) is 5.91 Å². The summed E-state index contributed by atoms with van der Waals surface area (Å²) in [7, 11) is 0. The standard InChI is InChI=1S/C20H22N2O2/c1-19(15-10-6-7-11-16(15)21)13-20(2)22(18(19)23)17(12-24-20)14-8-4-3-5-9-14/h3-11,17H,12-13,21H2,1-2H3/t17-,19-,20-/m1/s1. The first-order valence-electron chi connectivity index (χ1n) is 8.33. The van der Waals surface area contributed by atoms with Crippen LogP contribution in [0.25, 0.3) is 0 Å². The Bertz CT molecular complexity index is 791. The molecule has 2 aromatic rings. The van der Waals surface area contributed by atoms with E-state index < -0.39 is 11.1 Å². The fourth-order valence-corrected chi connectivity index (χ4v) is 4.35. The number of anilines is 1. The molecule has 1 amide bonds. The molecule has 0 spiro atoms. The molecule has 0 aliphatic carbocycles. The molecule has 4 rings (SSSR count). The predicted octanol–water partition coefficient (Wildman–Crippen LogP) is 3.25. The molecule has 0 saturated carbocycles. The van der Waals surface area contributed by atoms with Gasteiger partial charge >= 0.3 is 0 Å². The number of rotatable bonds is 2. The minimum atomic E-state index is -0.659. The maximum Gasteiger partial charge on any atom is 0.236 e. The van der Waals surface area contributed by atoms with Crippen molar-refractivity contribution in [1.82, 2.24) is 4.90 Å². The van der Waals surface area contributed by atoms with Crippen LogP contribution >= 0.6 is 0 Å². The third kappa shape index (κ3) is 1.99. The number of nitrogens with zero attached hydrogens (tertiary/aromatic N) is 1. The second-order valence-electron chi connectivity index (χ2n) is 7.18. The number of nitrogens with two attached hydrogens (primary N) is 1. The minimum absolute atomic E-state index is 0.0459. The molecule has 124 valence electrons. The molecule has 2 aliphatic rings. The highest BCUT2D eigenvalue weighted by molar-refractivity contribution is 5.93. The Morgan fingerprint density at radius 2 is 1.75 bits per heavy atom. The number of benzene rings is 2. The van der Waals surface area contributed by atoms with E-state index in [-0.39, 0.29) is 11.9 Å². The van der Waals surface area contributed by atoms with Gasteiger partial charge in [0.25, 0.3) is 0 Å². The van der Waals surface area contributed by atoms with Crippen molar-refractivity contribution in [1.29, 1.82) is 0 Å². The zero-order chi connectivity index (χ0) is 16.9. The van der Waals surface area contributed by atoms with Crippen LogP contribution in [0.4, 0.5) is 5.69 Å². The quantitative estimate of drug-likeness (QED) is 0.864. The molecule has 0 bridgehead atoms. The molecule has 3 atom stereocenters. The van der Waals surface area contributed by atoms with Crippen LogP contribution in [0.2, 0.25) is 0 Å². The smallest absolute Gasteiger partial charge is 0.236 e. The molecule has 2 fully saturated rings. The summed E-state index contributed by atoms with van der Waals surface area (Å²) < 4.78 is 6.12. The molecule has 0 aromatic heterocycles. The van der Waals surface area contributed by atoms with Gasteiger partial charge in [-0.25, -0.2) is 0 Å². The maximum atomic E-state index is 13.4. The molecule has 2 heterocycles. The van der Waals surface area contributed by atoms with Gasteiger partial charge < -0.3 is 15.4 Å². The van der Waals surface area contributed by atoms with E-state index in [0.717, 1.165) is 11.1 Å². The average Bonchev–Trinajstić information content (AvgIpc) is 3.00. The molecule has 4 nitrogen and oxygen atoms in total. The summed E-state index contributed by atoms with van der Waals surface area (Å²) in [5, 5.41) is 0. The van der Waals surface area contributed by atoms with E-state index in [2.05, 4.69) is 12.1 Å². The van der Waals surface area contributed by atoms with Crippen LogP contribution in [0.15, 0.2) is 54.6 Å². The Kier molecular flexibility index (Phi) is 3.22. The van der Waals surface area contributed by atoms with Gasteiger partial charge in [-0.05, 0) is 31.0 Å². The van der Waals surface area contributed by atoms with E-state index in [0.29, 0.717) is 18.7 Å². The number of hydrogen-bond donors (Lipinski definition) is 1. The number of carbonyl (C=O) groups excluding carboxylic acids is 1. The van der Waals surface area contributed by atoms with Crippen molar-refractivity contribution in [3.63, 3.8) is 0 Å². The number of fused-ring (bicyclic) bond motifs is 1. The Balaban J connectivity index is 1.77. The lowest BCUT2D eigenvalue weighted by Gasteiger charge is -2.29. The zero-order valence-corrected chi connectivity index (χ0v) is 14.0. The number of carbonyl (C=O) groups is 1. The zero-order valence-electron chi connectivity index (χ0n) is 14.0. The van der Waals surface area contributed by atoms with Gasteiger partial charge in [0.1, 0.15) is 5.72 Å². The van der Waals surface area contributed by atoms with E-state index in [4.69, 9.17) is 10.5 Å². The van der Waals surface area contributed by atoms with Gasteiger partial charge in [0.05, 0.1) is 18.1 Å². The molecular formula is C20H22N2O2. The normalized spacial score (nSPS) is 32.2. The summed E-state index contributed by atoms with van der Waals surface area (Å²) in [4.78, 5) is 15.4. The molecule has 0 radical (unpaired) electrons. The molecule has 2 aromatic carbocycles. The summed E-state index contributed by atoms with van der Waals surface area (Å²) in [6.07, 6.45) is 0.608. The lowest BCUT2D eigenvalue weighted by molar-refractivity contribution is -0.139. The number of amides is 1.